The zero-order valence-electron chi connectivity index (χ0n) is 11.0. The van der Waals surface area contributed by atoms with Crippen LogP contribution in [0.3, 0.4) is 0 Å². The molecule has 3 aromatic rings. The number of para-hydroxylation sites is 1. The average Bonchev–Trinajstić information content (AvgIpc) is 2.89. The van der Waals surface area contributed by atoms with Crippen LogP contribution < -0.4 is 5.32 Å². The molecule has 0 spiro atoms. The Balaban J connectivity index is 1.57. The second-order valence-corrected chi connectivity index (χ2v) is 5.14. The van der Waals surface area contributed by atoms with Gasteiger partial charge in [0.25, 0.3) is 0 Å². The molecular formula is C16H14N4. The maximum absolute atomic E-state index is 4.52. The first kappa shape index (κ1) is 11.3. The summed E-state index contributed by atoms with van der Waals surface area (Å²) in [6.07, 6.45) is 2.04. The van der Waals surface area contributed by atoms with E-state index in [4.69, 9.17) is 0 Å². The molecule has 1 aromatic heterocycles. The molecule has 1 aliphatic rings. The predicted octanol–water partition coefficient (Wildman–Crippen LogP) is 2.60. The highest BCUT2D eigenvalue weighted by Crippen LogP contribution is 2.23. The van der Waals surface area contributed by atoms with E-state index in [0.29, 0.717) is 12.0 Å². The molecule has 0 radical (unpaired) electrons. The molecule has 0 saturated carbocycles. The van der Waals surface area contributed by atoms with Crippen LogP contribution in [0.15, 0.2) is 48.5 Å². The lowest BCUT2D eigenvalue weighted by atomic mass is 10.1. The Morgan fingerprint density at radius 3 is 2.20 bits per heavy atom. The standard InChI is InChI=1S/C16H14N4/c1-2-6-12-10-13(9-11(12)5-1)17-16-18-14-7-3-4-8-15(14)19-20-16/h1-8,13H,9-10H2,(H,17,18,20). The Bertz CT molecular complexity index is 744. The summed E-state index contributed by atoms with van der Waals surface area (Å²) in [5.74, 6) is 0.613. The fourth-order valence-electron chi connectivity index (χ4n) is 2.79. The fraction of sp³-hybridized carbons (Fsp3) is 0.188. The van der Waals surface area contributed by atoms with Gasteiger partial charge < -0.3 is 5.32 Å². The summed E-state index contributed by atoms with van der Waals surface area (Å²) in [7, 11) is 0. The molecule has 4 heteroatoms. The van der Waals surface area contributed by atoms with E-state index in [9.17, 15) is 0 Å². The Hall–Kier alpha value is -2.49. The maximum atomic E-state index is 4.52. The third-order valence-corrected chi connectivity index (χ3v) is 3.74. The Morgan fingerprint density at radius 1 is 0.800 bits per heavy atom. The summed E-state index contributed by atoms with van der Waals surface area (Å²) in [5.41, 5.74) is 4.53. The van der Waals surface area contributed by atoms with Crippen LogP contribution in [0.2, 0.25) is 0 Å². The monoisotopic (exact) mass is 262 g/mol. The van der Waals surface area contributed by atoms with E-state index in [1.54, 1.807) is 0 Å². The lowest BCUT2D eigenvalue weighted by molar-refractivity contribution is 0.757. The van der Waals surface area contributed by atoms with Gasteiger partial charge in [0.2, 0.25) is 5.95 Å². The van der Waals surface area contributed by atoms with Crippen LogP contribution in [0.25, 0.3) is 11.0 Å². The van der Waals surface area contributed by atoms with E-state index < -0.39 is 0 Å². The average molecular weight is 262 g/mol. The number of nitrogens with one attached hydrogen (secondary N) is 1. The normalized spacial score (nSPS) is 14.4. The molecule has 1 N–H and O–H groups in total. The Labute approximate surface area is 116 Å². The summed E-state index contributed by atoms with van der Waals surface area (Å²) in [6.45, 7) is 0. The van der Waals surface area contributed by atoms with E-state index in [-0.39, 0.29) is 0 Å². The van der Waals surface area contributed by atoms with Gasteiger partial charge in [-0.3, -0.25) is 0 Å². The van der Waals surface area contributed by atoms with Gasteiger partial charge in [0.05, 0.1) is 5.52 Å². The molecule has 4 rings (SSSR count). The molecule has 1 heterocycles. The van der Waals surface area contributed by atoms with Crippen LogP contribution in [0.4, 0.5) is 5.95 Å². The SMILES string of the molecule is c1ccc2c(c1)CC(Nc1nnc3ccccc3n1)C2. The first-order chi connectivity index (χ1) is 9.88. The van der Waals surface area contributed by atoms with Crippen molar-refractivity contribution in [1.82, 2.24) is 15.2 Å². The van der Waals surface area contributed by atoms with Crippen molar-refractivity contribution in [3.05, 3.63) is 59.7 Å². The van der Waals surface area contributed by atoms with E-state index in [0.717, 1.165) is 23.9 Å². The summed E-state index contributed by atoms with van der Waals surface area (Å²) >= 11 is 0. The molecule has 0 saturated heterocycles. The zero-order chi connectivity index (χ0) is 13.4. The quantitative estimate of drug-likeness (QED) is 0.771. The number of anilines is 1. The summed E-state index contributed by atoms with van der Waals surface area (Å²) in [4.78, 5) is 4.52. The van der Waals surface area contributed by atoms with Crippen molar-refractivity contribution in [2.75, 3.05) is 5.32 Å². The number of nitrogens with zero attached hydrogens (tertiary/aromatic N) is 3. The van der Waals surface area contributed by atoms with E-state index >= 15 is 0 Å². The minimum absolute atomic E-state index is 0.357. The fourth-order valence-corrected chi connectivity index (χ4v) is 2.79. The minimum Gasteiger partial charge on any atom is -0.350 e. The Morgan fingerprint density at radius 2 is 1.45 bits per heavy atom. The number of benzene rings is 2. The predicted molar refractivity (Wildman–Crippen MR) is 78.6 cm³/mol. The van der Waals surface area contributed by atoms with Crippen molar-refractivity contribution in [3.63, 3.8) is 0 Å². The molecule has 0 unspecified atom stereocenters. The molecule has 0 bridgehead atoms. The van der Waals surface area contributed by atoms with Gasteiger partial charge in [0.15, 0.2) is 0 Å². The van der Waals surface area contributed by atoms with Gasteiger partial charge >= 0.3 is 0 Å². The molecule has 2 aromatic carbocycles. The second kappa shape index (κ2) is 4.56. The van der Waals surface area contributed by atoms with Gasteiger partial charge in [0, 0.05) is 6.04 Å². The van der Waals surface area contributed by atoms with Gasteiger partial charge in [0.1, 0.15) is 5.52 Å². The zero-order valence-corrected chi connectivity index (χ0v) is 11.0. The number of fused-ring (bicyclic) bond motifs is 2. The number of aromatic nitrogens is 3. The van der Waals surface area contributed by atoms with Crippen molar-refractivity contribution >= 4 is 17.0 Å². The third-order valence-electron chi connectivity index (χ3n) is 3.74. The van der Waals surface area contributed by atoms with Crippen LogP contribution in [0.1, 0.15) is 11.1 Å². The van der Waals surface area contributed by atoms with E-state index in [2.05, 4.69) is 44.8 Å². The lowest BCUT2D eigenvalue weighted by Crippen LogP contribution is -2.21. The highest BCUT2D eigenvalue weighted by Gasteiger charge is 2.21. The molecular weight excluding hydrogens is 248 g/mol. The van der Waals surface area contributed by atoms with Crippen LogP contribution in [0, 0.1) is 0 Å². The van der Waals surface area contributed by atoms with E-state index in [1.165, 1.54) is 11.1 Å². The second-order valence-electron chi connectivity index (χ2n) is 5.14. The molecule has 0 amide bonds. The van der Waals surface area contributed by atoms with Crippen LogP contribution in [0.5, 0.6) is 0 Å². The van der Waals surface area contributed by atoms with Gasteiger partial charge in [-0.15, -0.1) is 10.2 Å². The third kappa shape index (κ3) is 1.99. The minimum atomic E-state index is 0.357. The molecule has 0 atom stereocenters. The number of rotatable bonds is 2. The van der Waals surface area contributed by atoms with Crippen LogP contribution in [-0.2, 0) is 12.8 Å². The van der Waals surface area contributed by atoms with Gasteiger partial charge in [-0.1, -0.05) is 36.4 Å². The van der Waals surface area contributed by atoms with Crippen molar-refractivity contribution in [2.24, 2.45) is 0 Å². The van der Waals surface area contributed by atoms with Crippen molar-refractivity contribution < 1.29 is 0 Å². The van der Waals surface area contributed by atoms with Gasteiger partial charge in [-0.05, 0) is 36.1 Å². The highest BCUT2D eigenvalue weighted by atomic mass is 15.2. The highest BCUT2D eigenvalue weighted by molar-refractivity contribution is 5.74. The smallest absolute Gasteiger partial charge is 0.243 e. The largest absolute Gasteiger partial charge is 0.350 e. The topological polar surface area (TPSA) is 50.7 Å². The molecule has 4 nitrogen and oxygen atoms in total. The maximum Gasteiger partial charge on any atom is 0.243 e. The van der Waals surface area contributed by atoms with Crippen molar-refractivity contribution in [3.8, 4) is 0 Å². The summed E-state index contributed by atoms with van der Waals surface area (Å²) < 4.78 is 0. The van der Waals surface area contributed by atoms with Crippen LogP contribution in [-0.4, -0.2) is 21.2 Å². The molecule has 0 fully saturated rings. The summed E-state index contributed by atoms with van der Waals surface area (Å²) in [6, 6.07) is 16.7. The molecule has 0 aliphatic heterocycles. The molecule has 98 valence electrons. The van der Waals surface area contributed by atoms with Crippen molar-refractivity contribution in [2.45, 2.75) is 18.9 Å². The number of hydrogen-bond donors (Lipinski definition) is 1. The molecule has 20 heavy (non-hydrogen) atoms. The van der Waals surface area contributed by atoms with Crippen LogP contribution >= 0.6 is 0 Å². The lowest BCUT2D eigenvalue weighted by Gasteiger charge is -2.11. The first-order valence-electron chi connectivity index (χ1n) is 6.81. The summed E-state index contributed by atoms with van der Waals surface area (Å²) in [5, 5.41) is 11.8. The van der Waals surface area contributed by atoms with Crippen molar-refractivity contribution in [1.29, 1.82) is 0 Å². The molecule has 1 aliphatic carbocycles. The Kier molecular flexibility index (Phi) is 2.59. The van der Waals surface area contributed by atoms with E-state index in [1.807, 2.05) is 24.3 Å². The first-order valence-corrected chi connectivity index (χ1v) is 6.81. The van der Waals surface area contributed by atoms with Gasteiger partial charge in [-0.25, -0.2) is 4.98 Å². The van der Waals surface area contributed by atoms with Gasteiger partial charge in [-0.2, -0.15) is 0 Å². The number of hydrogen-bond acceptors (Lipinski definition) is 4.